The molecule has 0 atom stereocenters. The van der Waals surface area contributed by atoms with Gasteiger partial charge in [-0.05, 0) is 22.3 Å². The minimum absolute atomic E-state index is 0. The van der Waals surface area contributed by atoms with Crippen LogP contribution in [0.25, 0.3) is 0 Å². The van der Waals surface area contributed by atoms with E-state index in [1.165, 1.54) is 22.3 Å². The van der Waals surface area contributed by atoms with Gasteiger partial charge in [-0.25, -0.2) is 0 Å². The normalized spacial score (nSPS) is 16.2. The van der Waals surface area contributed by atoms with Crippen LogP contribution in [0.3, 0.4) is 0 Å². The Morgan fingerprint density at radius 1 is 0.286 bits per heavy atom. The van der Waals surface area contributed by atoms with Gasteiger partial charge in [-0.2, -0.15) is 0 Å². The minimum atomic E-state index is 0. The minimum Gasteiger partial charge on any atom is -0.412 e. The fraction of sp³-hybridized carbons (Fsp3) is 0.500. The molecule has 0 saturated heterocycles. The summed E-state index contributed by atoms with van der Waals surface area (Å²) < 4.78 is 0. The van der Waals surface area contributed by atoms with Crippen LogP contribution in [0.5, 0.6) is 0 Å². The van der Waals surface area contributed by atoms with E-state index in [0.717, 1.165) is 78.5 Å². The second-order valence-corrected chi connectivity index (χ2v) is 7.84. The van der Waals surface area contributed by atoms with Crippen LogP contribution < -0.4 is 31.9 Å². The summed E-state index contributed by atoms with van der Waals surface area (Å²) in [5, 5.41) is 21.0. The molecule has 0 radical (unpaired) electrons. The summed E-state index contributed by atoms with van der Waals surface area (Å²) in [4.78, 5) is 0. The van der Waals surface area contributed by atoms with Gasteiger partial charge in [0.25, 0.3) is 0 Å². The van der Waals surface area contributed by atoms with E-state index in [1.807, 2.05) is 0 Å². The first-order valence-electron chi connectivity index (χ1n) is 11.3. The van der Waals surface area contributed by atoms with Gasteiger partial charge >= 0.3 is 0 Å². The van der Waals surface area contributed by atoms with Gasteiger partial charge in [-0.3, -0.25) is 0 Å². The Kier molecular flexibility index (Phi) is 25.5. The summed E-state index contributed by atoms with van der Waals surface area (Å²) in [5.74, 6) is 0. The fourth-order valence-corrected chi connectivity index (χ4v) is 3.44. The lowest BCUT2D eigenvalue weighted by Crippen LogP contribution is -2.32. The zero-order valence-electron chi connectivity index (χ0n) is 20.6. The quantitative estimate of drug-likeness (QED) is 0.218. The van der Waals surface area contributed by atoms with Crippen molar-refractivity contribution in [2.45, 2.75) is 26.2 Å². The van der Waals surface area contributed by atoms with Crippen molar-refractivity contribution < 1.29 is 27.4 Å². The summed E-state index contributed by atoms with van der Waals surface area (Å²) in [6, 6.07) is 17.8. The van der Waals surface area contributed by atoms with Gasteiger partial charge in [-0.15, -0.1) is 0 Å². The van der Waals surface area contributed by atoms with Crippen molar-refractivity contribution in [2.75, 3.05) is 52.4 Å². The van der Waals surface area contributed by atoms with Crippen molar-refractivity contribution in [3.63, 3.8) is 0 Å². The highest BCUT2D eigenvalue weighted by Gasteiger charge is 1.98. The SMILES string of the molecule is O.O.O.O.O.c1cc2ccc1CNCCNCCNCc1ccc(cc1)CNCCNCCNC2. The van der Waals surface area contributed by atoms with Gasteiger partial charge in [0.05, 0.1) is 0 Å². The van der Waals surface area contributed by atoms with E-state index in [1.54, 1.807) is 0 Å². The first-order chi connectivity index (χ1) is 14.9. The second-order valence-electron chi connectivity index (χ2n) is 7.84. The van der Waals surface area contributed by atoms with Gasteiger partial charge in [0.15, 0.2) is 0 Å². The van der Waals surface area contributed by atoms with E-state index in [4.69, 9.17) is 0 Å². The molecule has 204 valence electrons. The van der Waals surface area contributed by atoms with Crippen LogP contribution in [0, 0.1) is 0 Å². The third-order valence-electron chi connectivity index (χ3n) is 5.28. The molecule has 16 N–H and O–H groups in total. The fourth-order valence-electron chi connectivity index (χ4n) is 3.44. The number of benzene rings is 2. The molecule has 11 heteroatoms. The molecule has 11 nitrogen and oxygen atoms in total. The molecule has 2 aromatic rings. The molecule has 4 bridgehead atoms. The predicted octanol–water partition coefficient (Wildman–Crippen LogP) is -3.19. The first kappa shape index (κ1) is 37.5. The van der Waals surface area contributed by atoms with E-state index >= 15 is 0 Å². The highest BCUT2D eigenvalue weighted by atomic mass is 16.0. The molecule has 4 heterocycles. The predicted molar refractivity (Wildman–Crippen MR) is 144 cm³/mol. The zero-order chi connectivity index (χ0) is 20.7. The summed E-state index contributed by atoms with van der Waals surface area (Å²) in [6.45, 7) is 11.5. The van der Waals surface area contributed by atoms with Crippen LogP contribution >= 0.6 is 0 Å². The van der Waals surface area contributed by atoms with Crippen LogP contribution in [0.2, 0.25) is 0 Å². The third-order valence-corrected chi connectivity index (χ3v) is 5.28. The van der Waals surface area contributed by atoms with E-state index in [9.17, 15) is 0 Å². The van der Waals surface area contributed by atoms with Crippen LogP contribution in [0.15, 0.2) is 48.5 Å². The monoisotopic (exact) mass is 500 g/mol. The van der Waals surface area contributed by atoms with Gasteiger partial charge in [0, 0.05) is 78.5 Å². The third kappa shape index (κ3) is 16.3. The van der Waals surface area contributed by atoms with E-state index in [-0.39, 0.29) is 27.4 Å². The largest absolute Gasteiger partial charge is 0.412 e. The lowest BCUT2D eigenvalue weighted by molar-refractivity contribution is 0.578. The molecule has 0 spiro atoms. The van der Waals surface area contributed by atoms with E-state index in [0.29, 0.717) is 0 Å². The Balaban J connectivity index is -0.00000205. The van der Waals surface area contributed by atoms with Crippen LogP contribution in [-0.4, -0.2) is 79.7 Å². The molecule has 2 aromatic carbocycles. The summed E-state index contributed by atoms with van der Waals surface area (Å²) >= 11 is 0. The molecule has 0 aliphatic carbocycles. The first-order valence-corrected chi connectivity index (χ1v) is 11.3. The average molecular weight is 501 g/mol. The van der Waals surface area contributed by atoms with Gasteiger partial charge in [0.1, 0.15) is 0 Å². The van der Waals surface area contributed by atoms with Crippen molar-refractivity contribution in [1.82, 2.24) is 31.9 Å². The van der Waals surface area contributed by atoms with Crippen molar-refractivity contribution in [1.29, 1.82) is 0 Å². The van der Waals surface area contributed by atoms with Gasteiger partial charge < -0.3 is 59.3 Å². The highest BCUT2D eigenvalue weighted by Crippen LogP contribution is 2.05. The van der Waals surface area contributed by atoms with Gasteiger partial charge in [-0.1, -0.05) is 48.5 Å². The van der Waals surface area contributed by atoms with E-state index in [2.05, 4.69) is 80.4 Å². The lowest BCUT2D eigenvalue weighted by atomic mass is 10.1. The molecule has 35 heavy (non-hydrogen) atoms. The second kappa shape index (κ2) is 23.7. The summed E-state index contributed by atoms with van der Waals surface area (Å²) in [6.07, 6.45) is 0. The Morgan fingerprint density at radius 3 is 0.657 bits per heavy atom. The van der Waals surface area contributed by atoms with Crippen molar-refractivity contribution >= 4 is 0 Å². The van der Waals surface area contributed by atoms with Crippen molar-refractivity contribution in [2.24, 2.45) is 0 Å². The molecule has 0 saturated carbocycles. The van der Waals surface area contributed by atoms with Crippen LogP contribution in [0.1, 0.15) is 22.3 Å². The number of nitrogens with one attached hydrogen (secondary N) is 6. The Labute approximate surface area is 209 Å². The maximum absolute atomic E-state index is 3.51. The smallest absolute Gasteiger partial charge is 0.0206 e. The van der Waals surface area contributed by atoms with Gasteiger partial charge in [0.2, 0.25) is 0 Å². The molecule has 0 amide bonds. The Bertz CT molecular complexity index is 587. The Morgan fingerprint density at radius 2 is 0.457 bits per heavy atom. The topological polar surface area (TPSA) is 230 Å². The maximum Gasteiger partial charge on any atom is 0.0206 e. The molecule has 4 aliphatic rings. The maximum atomic E-state index is 3.51. The Hall–Kier alpha value is -2.00. The number of rotatable bonds is 0. The molecule has 0 aromatic heterocycles. The molecule has 0 fully saturated rings. The number of hydrogen-bond acceptors (Lipinski definition) is 6. The molecule has 0 unspecified atom stereocenters. The van der Waals surface area contributed by atoms with Crippen LogP contribution in [0.4, 0.5) is 0 Å². The van der Waals surface area contributed by atoms with E-state index < -0.39 is 0 Å². The molecule has 6 rings (SSSR count). The summed E-state index contributed by atoms with van der Waals surface area (Å²) in [5.41, 5.74) is 5.34. The molecular formula is C24H48N6O5. The van der Waals surface area contributed by atoms with Crippen molar-refractivity contribution in [3.05, 3.63) is 70.8 Å². The van der Waals surface area contributed by atoms with Crippen LogP contribution in [-0.2, 0) is 26.2 Å². The summed E-state index contributed by atoms with van der Waals surface area (Å²) in [7, 11) is 0. The standard InChI is InChI=1S/C24H38N6.5H2O/c1-2-22-4-3-21(1)17-27-13-9-25-11-15-29-19-23-5-7-24(8-6-23)20-30-16-12-26-10-14-28-18-22;;;;;/h1-8,25-30H,9-20H2;5*1H2. The average Bonchev–Trinajstić information content (AvgIpc) is 2.78. The zero-order valence-corrected chi connectivity index (χ0v) is 20.6. The molecule has 4 aliphatic heterocycles. The lowest BCUT2D eigenvalue weighted by Gasteiger charge is -2.11. The molecular weight excluding hydrogens is 452 g/mol. The highest BCUT2D eigenvalue weighted by molar-refractivity contribution is 5.23. The number of hydrogen-bond donors (Lipinski definition) is 6. The van der Waals surface area contributed by atoms with Crippen molar-refractivity contribution in [3.8, 4) is 0 Å².